The molecule has 19 heavy (non-hydrogen) atoms. The van der Waals surface area contributed by atoms with Crippen LogP contribution in [0.15, 0.2) is 29.2 Å². The third-order valence-electron chi connectivity index (χ3n) is 3.94. The fourth-order valence-electron chi connectivity index (χ4n) is 2.86. The van der Waals surface area contributed by atoms with Crippen molar-refractivity contribution < 1.29 is 4.79 Å². The Bertz CT molecular complexity index is 457. The summed E-state index contributed by atoms with van der Waals surface area (Å²) in [4.78, 5) is 13.6. The van der Waals surface area contributed by atoms with Crippen molar-refractivity contribution in [3.05, 3.63) is 29.8 Å². The molecule has 3 nitrogen and oxygen atoms in total. The number of fused-ring (bicyclic) bond motifs is 1. The molecule has 1 saturated heterocycles. The summed E-state index contributed by atoms with van der Waals surface area (Å²) in [6.07, 6.45) is 3.16. The Labute approximate surface area is 118 Å². The monoisotopic (exact) mass is 276 g/mol. The van der Waals surface area contributed by atoms with Crippen LogP contribution >= 0.6 is 11.8 Å². The zero-order chi connectivity index (χ0) is 13.1. The Kier molecular flexibility index (Phi) is 4.09. The molecule has 2 N–H and O–H groups in total. The quantitative estimate of drug-likeness (QED) is 0.871. The highest BCUT2D eigenvalue weighted by atomic mass is 32.2. The fraction of sp³-hybridized carbons (Fsp3) is 0.533. The number of nitrogens with one attached hydrogen (secondary N) is 2. The van der Waals surface area contributed by atoms with E-state index in [1.54, 1.807) is 0 Å². The summed E-state index contributed by atoms with van der Waals surface area (Å²) >= 11 is 1.89. The second-order valence-electron chi connectivity index (χ2n) is 5.28. The minimum absolute atomic E-state index is 0.149. The number of hydrogen-bond donors (Lipinski definition) is 2. The van der Waals surface area contributed by atoms with Crippen LogP contribution < -0.4 is 10.6 Å². The van der Waals surface area contributed by atoms with Gasteiger partial charge in [-0.15, -0.1) is 11.8 Å². The minimum Gasteiger partial charge on any atom is -0.349 e. The van der Waals surface area contributed by atoms with Gasteiger partial charge in [0.05, 0.1) is 12.0 Å². The van der Waals surface area contributed by atoms with Gasteiger partial charge < -0.3 is 10.6 Å². The first-order chi connectivity index (χ1) is 9.34. The predicted octanol–water partition coefficient (Wildman–Crippen LogP) is 2.34. The van der Waals surface area contributed by atoms with Crippen molar-refractivity contribution in [2.75, 3.05) is 18.8 Å². The van der Waals surface area contributed by atoms with Crippen LogP contribution in [0.1, 0.15) is 30.9 Å². The number of carbonyl (C=O) groups is 1. The maximum atomic E-state index is 12.3. The predicted molar refractivity (Wildman–Crippen MR) is 78.3 cm³/mol. The van der Waals surface area contributed by atoms with Crippen LogP contribution in [-0.4, -0.2) is 24.7 Å². The normalized spacial score (nSPS) is 26.5. The molecule has 2 atom stereocenters. The molecule has 2 aliphatic heterocycles. The maximum absolute atomic E-state index is 12.3. The fourth-order valence-corrected chi connectivity index (χ4v) is 3.98. The molecule has 2 aliphatic rings. The van der Waals surface area contributed by atoms with Crippen molar-refractivity contribution in [2.45, 2.75) is 30.2 Å². The Morgan fingerprint density at radius 2 is 2.21 bits per heavy atom. The van der Waals surface area contributed by atoms with Gasteiger partial charge in [-0.3, -0.25) is 4.79 Å². The van der Waals surface area contributed by atoms with E-state index >= 15 is 0 Å². The SMILES string of the molecule is O=C(NC1CCSc2ccccc21)C1CCCNC1. The number of benzene rings is 1. The van der Waals surface area contributed by atoms with Crippen LogP contribution in [0.3, 0.4) is 0 Å². The molecule has 0 bridgehead atoms. The second-order valence-corrected chi connectivity index (χ2v) is 6.42. The van der Waals surface area contributed by atoms with Gasteiger partial charge in [-0.25, -0.2) is 0 Å². The third kappa shape index (κ3) is 2.95. The molecule has 0 radical (unpaired) electrons. The van der Waals surface area contributed by atoms with Crippen molar-refractivity contribution >= 4 is 17.7 Å². The summed E-state index contributed by atoms with van der Waals surface area (Å²) in [6, 6.07) is 8.63. The van der Waals surface area contributed by atoms with Crippen LogP contribution in [0.5, 0.6) is 0 Å². The van der Waals surface area contributed by atoms with Gasteiger partial charge in [0.25, 0.3) is 0 Å². The Balaban J connectivity index is 1.68. The van der Waals surface area contributed by atoms with E-state index < -0.39 is 0 Å². The Morgan fingerprint density at radius 1 is 1.32 bits per heavy atom. The molecule has 0 spiro atoms. The first kappa shape index (κ1) is 13.0. The van der Waals surface area contributed by atoms with Crippen molar-refractivity contribution in [1.29, 1.82) is 0 Å². The van der Waals surface area contributed by atoms with Crippen molar-refractivity contribution in [2.24, 2.45) is 5.92 Å². The summed E-state index contributed by atoms with van der Waals surface area (Å²) < 4.78 is 0. The Morgan fingerprint density at radius 3 is 3.05 bits per heavy atom. The van der Waals surface area contributed by atoms with E-state index in [1.165, 1.54) is 10.5 Å². The topological polar surface area (TPSA) is 41.1 Å². The van der Waals surface area contributed by atoms with Crippen LogP contribution in [0.25, 0.3) is 0 Å². The average Bonchev–Trinajstić information content (AvgIpc) is 2.48. The molecule has 102 valence electrons. The molecular weight excluding hydrogens is 256 g/mol. The summed E-state index contributed by atoms with van der Waals surface area (Å²) in [5.74, 6) is 1.46. The van der Waals surface area contributed by atoms with Gasteiger partial charge in [0.15, 0.2) is 0 Å². The van der Waals surface area contributed by atoms with Gasteiger partial charge in [0.1, 0.15) is 0 Å². The number of piperidine rings is 1. The van der Waals surface area contributed by atoms with E-state index in [0.29, 0.717) is 0 Å². The Hall–Kier alpha value is -1.00. The van der Waals surface area contributed by atoms with Gasteiger partial charge in [-0.05, 0) is 37.4 Å². The van der Waals surface area contributed by atoms with E-state index in [1.807, 2.05) is 11.8 Å². The average molecular weight is 276 g/mol. The number of amides is 1. The molecule has 0 saturated carbocycles. The number of rotatable bonds is 2. The first-order valence-corrected chi connectivity index (χ1v) is 8.06. The number of hydrogen-bond acceptors (Lipinski definition) is 3. The minimum atomic E-state index is 0.149. The lowest BCUT2D eigenvalue weighted by Crippen LogP contribution is -2.42. The molecular formula is C15H20N2OS. The van der Waals surface area contributed by atoms with Gasteiger partial charge >= 0.3 is 0 Å². The summed E-state index contributed by atoms with van der Waals surface area (Å²) in [5, 5.41) is 6.56. The largest absolute Gasteiger partial charge is 0.349 e. The van der Waals surface area contributed by atoms with E-state index in [2.05, 4.69) is 34.9 Å². The molecule has 1 fully saturated rings. The third-order valence-corrected chi connectivity index (χ3v) is 5.07. The molecule has 3 rings (SSSR count). The molecule has 2 unspecified atom stereocenters. The summed E-state index contributed by atoms with van der Waals surface area (Å²) in [5.41, 5.74) is 1.29. The highest BCUT2D eigenvalue weighted by Crippen LogP contribution is 2.35. The van der Waals surface area contributed by atoms with Gasteiger partial charge in [0.2, 0.25) is 5.91 Å². The number of thioether (sulfide) groups is 1. The van der Waals surface area contributed by atoms with E-state index in [4.69, 9.17) is 0 Å². The molecule has 0 aromatic heterocycles. The number of carbonyl (C=O) groups excluding carboxylic acids is 1. The highest BCUT2D eigenvalue weighted by molar-refractivity contribution is 7.99. The first-order valence-electron chi connectivity index (χ1n) is 7.07. The zero-order valence-corrected chi connectivity index (χ0v) is 11.8. The lowest BCUT2D eigenvalue weighted by atomic mass is 9.97. The van der Waals surface area contributed by atoms with Crippen LogP contribution in [-0.2, 0) is 4.79 Å². The molecule has 4 heteroatoms. The lowest BCUT2D eigenvalue weighted by Gasteiger charge is -2.29. The smallest absolute Gasteiger partial charge is 0.224 e. The molecule has 1 aromatic carbocycles. The van der Waals surface area contributed by atoms with E-state index in [0.717, 1.165) is 38.1 Å². The zero-order valence-electron chi connectivity index (χ0n) is 11.0. The van der Waals surface area contributed by atoms with Gasteiger partial charge in [-0.2, -0.15) is 0 Å². The van der Waals surface area contributed by atoms with Crippen LogP contribution in [0.2, 0.25) is 0 Å². The van der Waals surface area contributed by atoms with E-state index in [-0.39, 0.29) is 17.9 Å². The summed E-state index contributed by atoms with van der Waals surface area (Å²) in [6.45, 7) is 1.88. The summed E-state index contributed by atoms with van der Waals surface area (Å²) in [7, 11) is 0. The highest BCUT2D eigenvalue weighted by Gasteiger charge is 2.26. The van der Waals surface area contributed by atoms with Gasteiger partial charge in [-0.1, -0.05) is 18.2 Å². The molecule has 2 heterocycles. The van der Waals surface area contributed by atoms with Crippen LogP contribution in [0, 0.1) is 5.92 Å². The maximum Gasteiger partial charge on any atom is 0.224 e. The van der Waals surface area contributed by atoms with E-state index in [9.17, 15) is 4.79 Å². The van der Waals surface area contributed by atoms with Crippen molar-refractivity contribution in [3.63, 3.8) is 0 Å². The standard InChI is InChI=1S/C15H20N2OS/c18-15(11-4-3-8-16-10-11)17-13-7-9-19-14-6-2-1-5-12(13)14/h1-2,5-6,11,13,16H,3-4,7-10H2,(H,17,18). The molecule has 1 amide bonds. The van der Waals surface area contributed by atoms with Crippen molar-refractivity contribution in [3.8, 4) is 0 Å². The van der Waals surface area contributed by atoms with Crippen LogP contribution in [0.4, 0.5) is 0 Å². The van der Waals surface area contributed by atoms with Gasteiger partial charge in [0, 0.05) is 17.2 Å². The molecule has 1 aromatic rings. The molecule has 0 aliphatic carbocycles. The second kappa shape index (κ2) is 5.97. The lowest BCUT2D eigenvalue weighted by molar-refractivity contribution is -0.126. The van der Waals surface area contributed by atoms with Crippen molar-refractivity contribution in [1.82, 2.24) is 10.6 Å².